The summed E-state index contributed by atoms with van der Waals surface area (Å²) in [6.07, 6.45) is 4.14. The average Bonchev–Trinajstić information content (AvgIpc) is 3.14. The molecule has 1 aliphatic carbocycles. The first-order valence-corrected chi connectivity index (χ1v) is 10.0. The Balaban J connectivity index is 1.28. The van der Waals surface area contributed by atoms with Gasteiger partial charge in [0.05, 0.1) is 5.92 Å². The number of hydrogen-bond acceptors (Lipinski definition) is 5. The highest BCUT2D eigenvalue weighted by Crippen LogP contribution is 2.56. The number of methoxy groups -OCH3 is 2. The smallest absolute Gasteiger partial charge is 0.186 e. The molecule has 2 N–H and O–H groups in total. The molecule has 6 nitrogen and oxygen atoms in total. The van der Waals surface area contributed by atoms with Crippen LogP contribution in [0.3, 0.4) is 0 Å². The van der Waals surface area contributed by atoms with Crippen LogP contribution in [0.4, 0.5) is 0 Å². The maximum absolute atomic E-state index is 6.21. The molecular weight excluding hydrogens is 356 g/mol. The summed E-state index contributed by atoms with van der Waals surface area (Å²) in [5, 5.41) is 5.03. The van der Waals surface area contributed by atoms with Crippen LogP contribution in [0.2, 0.25) is 0 Å². The van der Waals surface area contributed by atoms with Gasteiger partial charge in [-0.1, -0.05) is 24.8 Å². The lowest BCUT2D eigenvalue weighted by Crippen LogP contribution is -2.69. The van der Waals surface area contributed by atoms with Gasteiger partial charge in [0.15, 0.2) is 18.4 Å². The van der Waals surface area contributed by atoms with Crippen molar-refractivity contribution in [2.75, 3.05) is 20.8 Å². The minimum atomic E-state index is -0.674. The van der Waals surface area contributed by atoms with Crippen LogP contribution < -0.4 is 5.32 Å². The predicted molar refractivity (Wildman–Crippen MR) is 106 cm³/mol. The Hall–Kier alpha value is -1.70. The Morgan fingerprint density at radius 2 is 2.18 bits per heavy atom. The van der Waals surface area contributed by atoms with Crippen molar-refractivity contribution in [1.82, 2.24) is 10.3 Å². The number of ether oxygens (including phenoxy) is 4. The van der Waals surface area contributed by atoms with Gasteiger partial charge in [-0.15, -0.1) is 0 Å². The first kappa shape index (κ1) is 18.3. The van der Waals surface area contributed by atoms with Gasteiger partial charge in [-0.05, 0) is 42.5 Å². The molecule has 0 radical (unpaired) electrons. The van der Waals surface area contributed by atoms with Gasteiger partial charge in [0.2, 0.25) is 0 Å². The lowest BCUT2D eigenvalue weighted by atomic mass is 9.66. The van der Waals surface area contributed by atoms with Crippen molar-refractivity contribution in [1.29, 1.82) is 0 Å². The zero-order chi connectivity index (χ0) is 19.3. The molecule has 1 saturated carbocycles. The van der Waals surface area contributed by atoms with E-state index in [2.05, 4.69) is 47.3 Å². The highest BCUT2D eigenvalue weighted by atomic mass is 16.8. The van der Waals surface area contributed by atoms with E-state index in [0.29, 0.717) is 6.04 Å². The molecular formula is C22H28N2O4. The van der Waals surface area contributed by atoms with Crippen molar-refractivity contribution in [2.24, 2.45) is 11.8 Å². The molecule has 1 aromatic carbocycles. The first-order valence-electron chi connectivity index (χ1n) is 10.0. The van der Waals surface area contributed by atoms with E-state index in [9.17, 15) is 0 Å². The highest BCUT2D eigenvalue weighted by molar-refractivity contribution is 5.83. The third-order valence-corrected chi connectivity index (χ3v) is 6.73. The third-order valence-electron chi connectivity index (χ3n) is 6.73. The van der Waals surface area contributed by atoms with E-state index in [4.69, 9.17) is 18.9 Å². The summed E-state index contributed by atoms with van der Waals surface area (Å²) < 4.78 is 23.6. The van der Waals surface area contributed by atoms with Gasteiger partial charge in [0.25, 0.3) is 0 Å². The van der Waals surface area contributed by atoms with E-state index in [0.717, 1.165) is 31.4 Å². The number of benzene rings is 1. The van der Waals surface area contributed by atoms with Gasteiger partial charge in [-0.2, -0.15) is 0 Å². The molecule has 2 aromatic rings. The number of H-pyrrole nitrogens is 1. The van der Waals surface area contributed by atoms with Crippen molar-refractivity contribution in [2.45, 2.75) is 43.7 Å². The zero-order valence-corrected chi connectivity index (χ0v) is 16.4. The molecule has 1 aromatic heterocycles. The minimum absolute atomic E-state index is 0.0201. The van der Waals surface area contributed by atoms with Crippen molar-refractivity contribution < 1.29 is 18.9 Å². The molecule has 3 aliphatic heterocycles. The zero-order valence-electron chi connectivity index (χ0n) is 16.4. The summed E-state index contributed by atoms with van der Waals surface area (Å²) in [7, 11) is 3.41. The molecule has 3 saturated heterocycles. The van der Waals surface area contributed by atoms with Crippen LogP contribution in [0, 0.1) is 11.8 Å². The number of aromatic nitrogens is 1. The second-order valence-corrected chi connectivity index (χ2v) is 8.11. The van der Waals surface area contributed by atoms with E-state index in [1.807, 2.05) is 0 Å². The van der Waals surface area contributed by atoms with Crippen LogP contribution in [0.1, 0.15) is 18.4 Å². The number of aromatic amines is 1. The lowest BCUT2D eigenvalue weighted by molar-refractivity contribution is -0.445. The Kier molecular flexibility index (Phi) is 4.56. The van der Waals surface area contributed by atoms with Crippen LogP contribution in [0.5, 0.6) is 0 Å². The van der Waals surface area contributed by atoms with E-state index in [1.165, 1.54) is 16.5 Å². The first-order chi connectivity index (χ1) is 13.6. The quantitative estimate of drug-likeness (QED) is 0.750. The largest absolute Gasteiger partial charge is 0.361 e. The Labute approximate surface area is 165 Å². The number of para-hydroxylation sites is 1. The summed E-state index contributed by atoms with van der Waals surface area (Å²) in [6, 6.07) is 8.74. The molecule has 6 rings (SSSR count). The van der Waals surface area contributed by atoms with Crippen molar-refractivity contribution >= 4 is 10.9 Å². The summed E-state index contributed by atoms with van der Waals surface area (Å²) in [6.45, 7) is 5.15. The molecule has 150 valence electrons. The van der Waals surface area contributed by atoms with Crippen molar-refractivity contribution in [3.63, 3.8) is 0 Å². The van der Waals surface area contributed by atoms with Gasteiger partial charge in [0.1, 0.15) is 0 Å². The molecule has 6 heteroatoms. The average molecular weight is 384 g/mol. The van der Waals surface area contributed by atoms with Crippen LogP contribution in [0.15, 0.2) is 42.6 Å². The molecule has 0 unspecified atom stereocenters. The maximum atomic E-state index is 6.21. The fraction of sp³-hybridized carbons (Fsp3) is 0.545. The van der Waals surface area contributed by atoms with Crippen LogP contribution >= 0.6 is 0 Å². The molecule has 4 fully saturated rings. The van der Waals surface area contributed by atoms with Gasteiger partial charge in [-0.3, -0.25) is 0 Å². The molecule has 4 aliphatic rings. The second kappa shape index (κ2) is 6.97. The third kappa shape index (κ3) is 2.75. The number of hydrogen-bond donors (Lipinski definition) is 2. The number of rotatable bonds is 6. The van der Waals surface area contributed by atoms with Gasteiger partial charge in [0, 0.05) is 43.8 Å². The predicted octanol–water partition coefficient (Wildman–Crippen LogP) is 2.95. The monoisotopic (exact) mass is 384 g/mol. The van der Waals surface area contributed by atoms with Crippen LogP contribution in [-0.4, -0.2) is 50.2 Å². The normalized spacial score (nSPS) is 36.9. The molecule has 4 heterocycles. The fourth-order valence-corrected chi connectivity index (χ4v) is 5.36. The number of nitrogens with one attached hydrogen (secondary N) is 2. The Morgan fingerprint density at radius 3 is 3.00 bits per heavy atom. The molecule has 6 atom stereocenters. The molecule has 28 heavy (non-hydrogen) atoms. The van der Waals surface area contributed by atoms with Gasteiger partial charge < -0.3 is 29.2 Å². The standard InChI is InChI=1S/C22H28N2O4/c1-13-17-10-15(11-22(26-3)19(17)21(25-2)27-20(13)28-22)23-9-8-14-12-24-18-7-5-4-6-16(14)18/h4-7,12,15,17,19-21,23-24H,1,8-11H2,2-3H3/t15-,17+,19-,20-,21-,22-/m1/s1. The summed E-state index contributed by atoms with van der Waals surface area (Å²) >= 11 is 0. The summed E-state index contributed by atoms with van der Waals surface area (Å²) in [5.41, 5.74) is 3.54. The van der Waals surface area contributed by atoms with E-state index >= 15 is 0 Å². The maximum Gasteiger partial charge on any atom is 0.186 e. The van der Waals surface area contributed by atoms with E-state index in [-0.39, 0.29) is 18.1 Å². The second-order valence-electron chi connectivity index (χ2n) is 8.11. The topological polar surface area (TPSA) is 64.7 Å². The lowest BCUT2D eigenvalue weighted by Gasteiger charge is -2.61. The SMILES string of the molecule is C=C1[C@@H]2O[C@@H](OC)[C@H]3[C@H]1C[C@@H](NCCc1c[nH]c4ccccc14)C[C@@]3(OC)O2. The van der Waals surface area contributed by atoms with Gasteiger partial charge in [-0.25, -0.2) is 0 Å². The molecule has 0 amide bonds. The highest BCUT2D eigenvalue weighted by Gasteiger charge is 2.64. The van der Waals surface area contributed by atoms with Crippen LogP contribution in [0.25, 0.3) is 10.9 Å². The summed E-state index contributed by atoms with van der Waals surface area (Å²) in [5.74, 6) is -0.380. The van der Waals surface area contributed by atoms with E-state index in [1.54, 1.807) is 14.2 Å². The molecule has 4 bridgehead atoms. The minimum Gasteiger partial charge on any atom is -0.361 e. The molecule has 0 spiro atoms. The number of fused-ring (bicyclic) bond motifs is 2. The Bertz CT molecular complexity index is 880. The van der Waals surface area contributed by atoms with E-state index < -0.39 is 12.1 Å². The fourth-order valence-electron chi connectivity index (χ4n) is 5.36. The van der Waals surface area contributed by atoms with Gasteiger partial charge >= 0.3 is 0 Å². The van der Waals surface area contributed by atoms with Crippen molar-refractivity contribution in [3.8, 4) is 0 Å². The Morgan fingerprint density at radius 1 is 1.32 bits per heavy atom. The summed E-state index contributed by atoms with van der Waals surface area (Å²) in [4.78, 5) is 3.35. The van der Waals surface area contributed by atoms with Crippen LogP contribution in [-0.2, 0) is 25.4 Å². The van der Waals surface area contributed by atoms with Crippen molar-refractivity contribution in [3.05, 3.63) is 48.2 Å².